The second-order valence-electron chi connectivity index (χ2n) is 18.8. The van der Waals surface area contributed by atoms with Gasteiger partial charge in [-0.2, -0.15) is 0 Å². The first-order chi connectivity index (χ1) is 35.0. The number of hydrogen-bond acceptors (Lipinski definition) is 6. The predicted molar refractivity (Wildman–Crippen MR) is 306 cm³/mol. The summed E-state index contributed by atoms with van der Waals surface area (Å²) in [5, 5.41) is 0. The van der Waals surface area contributed by atoms with Gasteiger partial charge in [-0.1, -0.05) is 245 Å². The summed E-state index contributed by atoms with van der Waals surface area (Å²) in [6.07, 6.45) is 80.4. The quantitative estimate of drug-likeness (QED) is 0.0261. The lowest BCUT2D eigenvalue weighted by molar-refractivity contribution is -0.167. The summed E-state index contributed by atoms with van der Waals surface area (Å²) >= 11 is 0. The van der Waals surface area contributed by atoms with Crippen molar-refractivity contribution in [1.29, 1.82) is 0 Å². The van der Waals surface area contributed by atoms with Crippen LogP contribution in [0.5, 0.6) is 0 Å². The van der Waals surface area contributed by atoms with Crippen molar-refractivity contribution in [2.45, 2.75) is 258 Å². The van der Waals surface area contributed by atoms with Gasteiger partial charge in [0.25, 0.3) is 0 Å². The van der Waals surface area contributed by atoms with Crippen LogP contribution in [0.3, 0.4) is 0 Å². The highest BCUT2D eigenvalue weighted by Crippen LogP contribution is 2.14. The molecule has 0 saturated carbocycles. The van der Waals surface area contributed by atoms with E-state index in [9.17, 15) is 14.4 Å². The van der Waals surface area contributed by atoms with Crippen LogP contribution in [0.4, 0.5) is 0 Å². The third-order valence-electron chi connectivity index (χ3n) is 12.0. The fourth-order valence-electron chi connectivity index (χ4n) is 7.67. The summed E-state index contributed by atoms with van der Waals surface area (Å²) in [6, 6.07) is 0. The van der Waals surface area contributed by atoms with Crippen molar-refractivity contribution >= 4 is 17.9 Å². The zero-order chi connectivity index (χ0) is 51.4. The third-order valence-corrected chi connectivity index (χ3v) is 12.0. The first-order valence-electron chi connectivity index (χ1n) is 29.0. The lowest BCUT2D eigenvalue weighted by atomic mass is 10.1. The Morgan fingerprint density at radius 3 is 0.859 bits per heavy atom. The molecule has 0 spiro atoms. The molecule has 0 aromatic carbocycles. The lowest BCUT2D eigenvalue weighted by Crippen LogP contribution is -2.30. The number of hydrogen-bond donors (Lipinski definition) is 0. The molecule has 6 nitrogen and oxygen atoms in total. The van der Waals surface area contributed by atoms with Gasteiger partial charge in [0, 0.05) is 19.3 Å². The van der Waals surface area contributed by atoms with Gasteiger partial charge in [-0.15, -0.1) is 0 Å². The number of carbonyl (C=O) groups excluding carboxylic acids is 3. The summed E-state index contributed by atoms with van der Waals surface area (Å²) in [4.78, 5) is 38.1. The molecule has 0 amide bonds. The van der Waals surface area contributed by atoms with Crippen molar-refractivity contribution in [3.05, 3.63) is 122 Å². The van der Waals surface area contributed by atoms with Crippen molar-refractivity contribution in [2.24, 2.45) is 0 Å². The van der Waals surface area contributed by atoms with Gasteiger partial charge >= 0.3 is 17.9 Å². The minimum atomic E-state index is -0.799. The highest BCUT2D eigenvalue weighted by atomic mass is 16.6. The summed E-state index contributed by atoms with van der Waals surface area (Å²) < 4.78 is 16.8. The summed E-state index contributed by atoms with van der Waals surface area (Å²) in [5.74, 6) is -0.935. The number of carbonyl (C=O) groups is 3. The monoisotopic (exact) mass is 983 g/mol. The van der Waals surface area contributed by atoms with Crippen molar-refractivity contribution < 1.29 is 28.6 Å². The van der Waals surface area contributed by atoms with E-state index in [-0.39, 0.29) is 31.1 Å². The minimum Gasteiger partial charge on any atom is -0.462 e. The number of esters is 3. The molecular formula is C65H106O6. The second-order valence-corrected chi connectivity index (χ2v) is 18.8. The van der Waals surface area contributed by atoms with Crippen LogP contribution < -0.4 is 0 Å². The lowest BCUT2D eigenvalue weighted by Gasteiger charge is -2.18. The summed E-state index contributed by atoms with van der Waals surface area (Å²) in [5.41, 5.74) is 0. The molecule has 0 N–H and O–H groups in total. The molecule has 1 unspecified atom stereocenters. The summed E-state index contributed by atoms with van der Waals surface area (Å²) in [7, 11) is 0. The smallest absolute Gasteiger partial charge is 0.306 e. The van der Waals surface area contributed by atoms with Gasteiger partial charge in [-0.25, -0.2) is 0 Å². The topological polar surface area (TPSA) is 78.9 Å². The summed E-state index contributed by atoms with van der Waals surface area (Å²) in [6.45, 7) is 6.37. The van der Waals surface area contributed by atoms with E-state index in [2.05, 4.69) is 142 Å². The minimum absolute atomic E-state index is 0.0935. The van der Waals surface area contributed by atoms with Crippen LogP contribution in [0.15, 0.2) is 122 Å². The molecule has 402 valence electrons. The highest BCUT2D eigenvalue weighted by Gasteiger charge is 2.19. The maximum absolute atomic E-state index is 12.9. The molecular weight excluding hydrogens is 877 g/mol. The molecule has 0 bridgehead atoms. The highest BCUT2D eigenvalue weighted by molar-refractivity contribution is 5.71. The van der Waals surface area contributed by atoms with Crippen molar-refractivity contribution in [3.8, 4) is 0 Å². The van der Waals surface area contributed by atoms with E-state index in [1.165, 1.54) is 64.2 Å². The fourth-order valence-corrected chi connectivity index (χ4v) is 7.67. The SMILES string of the molecule is CC/C=C\C/C=C\C/C=C\C/C=C\C/C=C\C/C=C\CCCCCCC(=O)OCC(COC(=O)CCCCCCCCCCCCC)OC(=O)CCCCCCCC/C=C\C/C=C\C/C=C\C/C=C\CC. The number of unbranched alkanes of at least 4 members (excludes halogenated alkanes) is 20. The zero-order valence-corrected chi connectivity index (χ0v) is 45.9. The Labute approximate surface area is 437 Å². The Morgan fingerprint density at radius 2 is 0.549 bits per heavy atom. The van der Waals surface area contributed by atoms with Gasteiger partial charge in [0.05, 0.1) is 0 Å². The van der Waals surface area contributed by atoms with Crippen LogP contribution in [0.2, 0.25) is 0 Å². The molecule has 1 atom stereocenters. The van der Waals surface area contributed by atoms with Crippen molar-refractivity contribution in [2.75, 3.05) is 13.2 Å². The fraction of sp³-hybridized carbons (Fsp3) is 0.646. The van der Waals surface area contributed by atoms with Crippen LogP contribution in [-0.4, -0.2) is 37.2 Å². The molecule has 0 aromatic rings. The van der Waals surface area contributed by atoms with Gasteiger partial charge in [0.15, 0.2) is 6.10 Å². The van der Waals surface area contributed by atoms with E-state index >= 15 is 0 Å². The average molecular weight is 984 g/mol. The zero-order valence-electron chi connectivity index (χ0n) is 45.9. The molecule has 0 rings (SSSR count). The molecule has 0 heterocycles. The molecule has 0 radical (unpaired) electrons. The van der Waals surface area contributed by atoms with Crippen LogP contribution in [0.1, 0.15) is 252 Å². The van der Waals surface area contributed by atoms with Crippen LogP contribution in [0.25, 0.3) is 0 Å². The normalized spacial score (nSPS) is 13.0. The van der Waals surface area contributed by atoms with E-state index in [0.717, 1.165) is 148 Å². The maximum Gasteiger partial charge on any atom is 0.306 e. The molecule has 0 aromatic heterocycles. The van der Waals surface area contributed by atoms with Gasteiger partial charge < -0.3 is 14.2 Å². The molecule has 0 aliphatic heterocycles. The van der Waals surface area contributed by atoms with Crippen molar-refractivity contribution in [3.63, 3.8) is 0 Å². The Balaban J connectivity index is 4.43. The van der Waals surface area contributed by atoms with Crippen molar-refractivity contribution in [1.82, 2.24) is 0 Å². The molecule has 0 aliphatic rings. The van der Waals surface area contributed by atoms with Gasteiger partial charge in [0.2, 0.25) is 0 Å². The van der Waals surface area contributed by atoms with Crippen LogP contribution >= 0.6 is 0 Å². The van der Waals surface area contributed by atoms with Gasteiger partial charge in [-0.3, -0.25) is 14.4 Å². The van der Waals surface area contributed by atoms with E-state index in [1.807, 2.05) is 0 Å². The Kier molecular flexibility index (Phi) is 54.9. The second kappa shape index (κ2) is 58.4. The molecule has 0 saturated heterocycles. The Hall–Kier alpha value is -4.19. The standard InChI is InChI=1S/C65H106O6/c1-4-7-10-13-16-19-22-24-26-28-30-31-32-33-35-36-38-40-43-46-49-52-55-58-64(67)70-61-62(60-69-63(66)57-54-51-48-45-42-21-18-15-12-9-6-3)71-65(68)59-56-53-50-47-44-41-39-37-34-29-27-25-23-20-17-14-11-8-5-2/h7-8,10-11,16-17,19-20,24-27,30-31,33-35,37-38,40,62H,4-6,9,12-15,18,21-23,28-29,32,36,39,41-61H2,1-3H3/b10-7-,11-8-,19-16-,20-17-,26-24-,27-25-,31-30-,35-33-,37-34-,40-38-. The largest absolute Gasteiger partial charge is 0.462 e. The Bertz CT molecular complexity index is 1500. The Morgan fingerprint density at radius 1 is 0.296 bits per heavy atom. The molecule has 6 heteroatoms. The van der Waals surface area contributed by atoms with E-state index in [1.54, 1.807) is 0 Å². The molecule has 0 fully saturated rings. The first-order valence-corrected chi connectivity index (χ1v) is 29.0. The predicted octanol–water partition coefficient (Wildman–Crippen LogP) is 19.6. The van der Waals surface area contributed by atoms with Crippen LogP contribution in [0, 0.1) is 0 Å². The maximum atomic E-state index is 12.9. The van der Waals surface area contributed by atoms with Crippen LogP contribution in [-0.2, 0) is 28.6 Å². The van der Waals surface area contributed by atoms with E-state index in [0.29, 0.717) is 19.3 Å². The molecule has 71 heavy (non-hydrogen) atoms. The van der Waals surface area contributed by atoms with Gasteiger partial charge in [-0.05, 0) is 109 Å². The number of ether oxygens (including phenoxy) is 3. The molecule has 0 aliphatic carbocycles. The van der Waals surface area contributed by atoms with E-state index in [4.69, 9.17) is 14.2 Å². The van der Waals surface area contributed by atoms with E-state index < -0.39 is 6.10 Å². The van der Waals surface area contributed by atoms with Gasteiger partial charge in [0.1, 0.15) is 13.2 Å². The third kappa shape index (κ3) is 56.6. The number of rotatable bonds is 51. The number of allylic oxidation sites excluding steroid dienone is 20. The average Bonchev–Trinajstić information content (AvgIpc) is 3.37. The first kappa shape index (κ1) is 66.8.